The molecule has 2 aromatic rings. The number of piperazine rings is 1. The molecule has 2 heterocycles. The quantitative estimate of drug-likeness (QED) is 0.900. The first-order chi connectivity index (χ1) is 11.8. The second-order valence-corrected chi connectivity index (χ2v) is 6.62. The van der Waals surface area contributed by atoms with Crippen LogP contribution in [0.4, 0.5) is 15.5 Å². The van der Waals surface area contributed by atoms with Crippen molar-refractivity contribution in [2.75, 3.05) is 43.0 Å². The van der Waals surface area contributed by atoms with Crippen molar-refractivity contribution in [2.45, 2.75) is 13.5 Å². The highest BCUT2D eigenvalue weighted by atomic mass is 32.1. The van der Waals surface area contributed by atoms with E-state index in [-0.39, 0.29) is 6.03 Å². The van der Waals surface area contributed by atoms with E-state index in [9.17, 15) is 4.79 Å². The average molecular weight is 345 g/mol. The number of thiophene rings is 1. The zero-order valence-electron chi connectivity index (χ0n) is 13.9. The predicted octanol–water partition coefficient (Wildman–Crippen LogP) is 3.64. The van der Waals surface area contributed by atoms with Gasteiger partial charge in [-0.2, -0.15) is 0 Å². The first kappa shape index (κ1) is 16.8. The van der Waals surface area contributed by atoms with Crippen LogP contribution in [-0.4, -0.2) is 43.7 Å². The minimum absolute atomic E-state index is 0.0293. The second-order valence-electron chi connectivity index (χ2n) is 5.69. The van der Waals surface area contributed by atoms with Crippen molar-refractivity contribution >= 4 is 28.1 Å². The van der Waals surface area contributed by atoms with Crippen LogP contribution in [0, 0.1) is 0 Å². The van der Waals surface area contributed by atoms with Crippen LogP contribution >= 0.6 is 11.3 Å². The molecule has 5 nitrogen and oxygen atoms in total. The van der Waals surface area contributed by atoms with Crippen molar-refractivity contribution in [3.8, 4) is 0 Å². The molecule has 128 valence electrons. The van der Waals surface area contributed by atoms with E-state index in [1.165, 1.54) is 5.00 Å². The SMILES string of the molecule is CCOCc1ccc(NC(=O)N2CCN(c3cccs3)CC2)cc1. The molecule has 1 aliphatic rings. The van der Waals surface area contributed by atoms with Gasteiger partial charge in [0.25, 0.3) is 0 Å². The van der Waals surface area contributed by atoms with E-state index in [2.05, 4.69) is 27.7 Å². The molecule has 3 rings (SSSR count). The third-order valence-electron chi connectivity index (χ3n) is 4.06. The maximum absolute atomic E-state index is 12.4. The van der Waals surface area contributed by atoms with E-state index in [0.717, 1.165) is 37.4 Å². The normalized spacial score (nSPS) is 14.7. The molecule has 6 heteroatoms. The Balaban J connectivity index is 1.49. The molecule has 0 atom stereocenters. The Labute approximate surface area is 146 Å². The number of carbonyl (C=O) groups is 1. The summed E-state index contributed by atoms with van der Waals surface area (Å²) in [5.41, 5.74) is 1.93. The van der Waals surface area contributed by atoms with Crippen LogP contribution in [0.25, 0.3) is 0 Å². The number of ether oxygens (including phenoxy) is 1. The maximum atomic E-state index is 12.4. The summed E-state index contributed by atoms with van der Waals surface area (Å²) in [7, 11) is 0. The molecule has 0 unspecified atom stereocenters. The number of anilines is 2. The molecule has 0 spiro atoms. The first-order valence-electron chi connectivity index (χ1n) is 8.27. The fraction of sp³-hybridized carbons (Fsp3) is 0.389. The van der Waals surface area contributed by atoms with E-state index in [4.69, 9.17) is 4.74 Å². The van der Waals surface area contributed by atoms with Crippen molar-refractivity contribution in [1.29, 1.82) is 0 Å². The first-order valence-corrected chi connectivity index (χ1v) is 9.15. The molecule has 0 aliphatic carbocycles. The Bertz CT molecular complexity index is 635. The number of nitrogens with one attached hydrogen (secondary N) is 1. The van der Waals surface area contributed by atoms with Crippen LogP contribution in [0.5, 0.6) is 0 Å². The molecular weight excluding hydrogens is 322 g/mol. The van der Waals surface area contributed by atoms with E-state index >= 15 is 0 Å². The van der Waals surface area contributed by atoms with Gasteiger partial charge in [0.2, 0.25) is 0 Å². The predicted molar refractivity (Wildman–Crippen MR) is 98.9 cm³/mol. The molecule has 2 amide bonds. The lowest BCUT2D eigenvalue weighted by Crippen LogP contribution is -2.49. The van der Waals surface area contributed by atoms with Crippen LogP contribution in [-0.2, 0) is 11.3 Å². The number of nitrogens with zero attached hydrogens (tertiary/aromatic N) is 2. The number of benzene rings is 1. The fourth-order valence-electron chi connectivity index (χ4n) is 2.69. The number of amides is 2. The fourth-order valence-corrected chi connectivity index (χ4v) is 3.47. The van der Waals surface area contributed by atoms with Gasteiger partial charge in [-0.05, 0) is 42.1 Å². The lowest BCUT2D eigenvalue weighted by molar-refractivity contribution is 0.134. The van der Waals surface area contributed by atoms with Gasteiger partial charge in [-0.3, -0.25) is 0 Å². The lowest BCUT2D eigenvalue weighted by Gasteiger charge is -2.35. The minimum Gasteiger partial charge on any atom is -0.377 e. The zero-order valence-corrected chi connectivity index (χ0v) is 14.7. The molecule has 1 saturated heterocycles. The molecule has 1 aromatic carbocycles. The number of rotatable bonds is 5. The summed E-state index contributed by atoms with van der Waals surface area (Å²) in [6, 6.07) is 12.0. The number of hydrogen-bond acceptors (Lipinski definition) is 4. The van der Waals surface area contributed by atoms with Crippen molar-refractivity contribution in [3.05, 3.63) is 47.3 Å². The standard InChI is InChI=1S/C18H23N3O2S/c1-2-23-14-15-5-7-16(8-6-15)19-18(22)21-11-9-20(10-12-21)17-4-3-13-24-17/h3-8,13H,2,9-12,14H2,1H3,(H,19,22). The third-order valence-corrected chi connectivity index (χ3v) is 4.99. The molecule has 1 fully saturated rings. The zero-order chi connectivity index (χ0) is 16.8. The van der Waals surface area contributed by atoms with Crippen molar-refractivity contribution in [1.82, 2.24) is 4.90 Å². The van der Waals surface area contributed by atoms with Gasteiger partial charge in [0, 0.05) is 38.5 Å². The van der Waals surface area contributed by atoms with Crippen molar-refractivity contribution in [3.63, 3.8) is 0 Å². The number of hydrogen-bond donors (Lipinski definition) is 1. The number of carbonyl (C=O) groups excluding carboxylic acids is 1. The summed E-state index contributed by atoms with van der Waals surface area (Å²) in [6.07, 6.45) is 0. The smallest absolute Gasteiger partial charge is 0.321 e. The van der Waals surface area contributed by atoms with Gasteiger partial charge in [0.15, 0.2) is 0 Å². The lowest BCUT2D eigenvalue weighted by atomic mass is 10.2. The van der Waals surface area contributed by atoms with Gasteiger partial charge < -0.3 is 19.9 Å². The van der Waals surface area contributed by atoms with Crippen molar-refractivity contribution < 1.29 is 9.53 Å². The van der Waals surface area contributed by atoms with Gasteiger partial charge in [-0.25, -0.2) is 4.79 Å². The van der Waals surface area contributed by atoms with Crippen molar-refractivity contribution in [2.24, 2.45) is 0 Å². The van der Waals surface area contributed by atoms with Gasteiger partial charge in [-0.15, -0.1) is 11.3 Å². The summed E-state index contributed by atoms with van der Waals surface area (Å²) >= 11 is 1.75. The molecule has 1 aromatic heterocycles. The highest BCUT2D eigenvalue weighted by Crippen LogP contribution is 2.22. The molecule has 1 N–H and O–H groups in total. The Kier molecular flexibility index (Phi) is 5.72. The van der Waals surface area contributed by atoms with Crippen LogP contribution in [0.2, 0.25) is 0 Å². The van der Waals surface area contributed by atoms with Gasteiger partial charge >= 0.3 is 6.03 Å². The van der Waals surface area contributed by atoms with E-state index in [0.29, 0.717) is 13.2 Å². The van der Waals surface area contributed by atoms with Crippen LogP contribution in [0.1, 0.15) is 12.5 Å². The molecule has 0 radical (unpaired) electrons. The Morgan fingerprint density at radius 3 is 2.54 bits per heavy atom. The largest absolute Gasteiger partial charge is 0.377 e. The van der Waals surface area contributed by atoms with Crippen LogP contribution in [0.3, 0.4) is 0 Å². The summed E-state index contributed by atoms with van der Waals surface area (Å²) in [5.74, 6) is 0. The molecule has 1 aliphatic heterocycles. The average Bonchev–Trinajstić information content (AvgIpc) is 3.16. The van der Waals surface area contributed by atoms with Gasteiger partial charge in [-0.1, -0.05) is 12.1 Å². The maximum Gasteiger partial charge on any atom is 0.321 e. The van der Waals surface area contributed by atoms with Crippen LogP contribution < -0.4 is 10.2 Å². The number of urea groups is 1. The second kappa shape index (κ2) is 8.17. The molecule has 24 heavy (non-hydrogen) atoms. The summed E-state index contributed by atoms with van der Waals surface area (Å²) in [4.78, 5) is 16.6. The van der Waals surface area contributed by atoms with E-state index in [1.807, 2.05) is 36.1 Å². The Morgan fingerprint density at radius 2 is 1.92 bits per heavy atom. The van der Waals surface area contributed by atoms with E-state index < -0.39 is 0 Å². The highest BCUT2D eigenvalue weighted by molar-refractivity contribution is 7.14. The monoisotopic (exact) mass is 345 g/mol. The van der Waals surface area contributed by atoms with Gasteiger partial charge in [0.05, 0.1) is 11.6 Å². The molecule has 0 bridgehead atoms. The van der Waals surface area contributed by atoms with E-state index in [1.54, 1.807) is 11.3 Å². The van der Waals surface area contributed by atoms with Crippen LogP contribution in [0.15, 0.2) is 41.8 Å². The summed E-state index contributed by atoms with van der Waals surface area (Å²) in [6.45, 7) is 6.53. The molecular formula is C18H23N3O2S. The Hall–Kier alpha value is -2.05. The third kappa shape index (κ3) is 4.27. The Morgan fingerprint density at radius 1 is 1.17 bits per heavy atom. The minimum atomic E-state index is -0.0293. The highest BCUT2D eigenvalue weighted by Gasteiger charge is 2.21. The topological polar surface area (TPSA) is 44.8 Å². The summed E-state index contributed by atoms with van der Waals surface area (Å²) < 4.78 is 5.38. The summed E-state index contributed by atoms with van der Waals surface area (Å²) in [5, 5.41) is 6.34. The molecule has 0 saturated carbocycles. The van der Waals surface area contributed by atoms with Gasteiger partial charge in [0.1, 0.15) is 0 Å².